The van der Waals surface area contributed by atoms with Gasteiger partial charge in [0.05, 0.1) is 5.52 Å². The predicted molar refractivity (Wildman–Crippen MR) is 96.3 cm³/mol. The second-order valence-corrected chi connectivity index (χ2v) is 7.41. The molecule has 0 saturated carbocycles. The zero-order valence-electron chi connectivity index (χ0n) is 13.4. The number of pyridine rings is 1. The highest BCUT2D eigenvalue weighted by Gasteiger charge is 2.17. The maximum absolute atomic E-state index is 12.5. The number of aromatic nitrogens is 1. The molecule has 0 aliphatic carbocycles. The van der Waals surface area contributed by atoms with Crippen molar-refractivity contribution in [2.75, 3.05) is 6.54 Å². The summed E-state index contributed by atoms with van der Waals surface area (Å²) in [5.41, 5.74) is 1.79. The smallest absolute Gasteiger partial charge is 0.242 e. The molecular formula is C19H20N2O2S. The third-order valence-electron chi connectivity index (χ3n) is 3.91. The molecule has 0 spiro atoms. The molecule has 0 bridgehead atoms. The van der Waals surface area contributed by atoms with Crippen LogP contribution in [0.15, 0.2) is 71.8 Å². The Bertz CT molecular complexity index is 904. The van der Waals surface area contributed by atoms with Gasteiger partial charge in [0.1, 0.15) is 4.90 Å². The van der Waals surface area contributed by atoms with Crippen LogP contribution in [0.5, 0.6) is 0 Å². The van der Waals surface area contributed by atoms with Gasteiger partial charge in [0, 0.05) is 18.1 Å². The van der Waals surface area contributed by atoms with Crippen molar-refractivity contribution >= 4 is 20.9 Å². The largest absolute Gasteiger partial charge is 0.255 e. The van der Waals surface area contributed by atoms with Crippen molar-refractivity contribution in [1.29, 1.82) is 0 Å². The Morgan fingerprint density at radius 3 is 2.50 bits per heavy atom. The molecule has 0 atom stereocenters. The minimum atomic E-state index is -3.54. The van der Waals surface area contributed by atoms with Crippen LogP contribution in [0.2, 0.25) is 0 Å². The lowest BCUT2D eigenvalue weighted by molar-refractivity contribution is 0.577. The Hall–Kier alpha value is -2.24. The maximum atomic E-state index is 12.5. The van der Waals surface area contributed by atoms with Gasteiger partial charge in [-0.2, -0.15) is 0 Å². The molecule has 124 valence electrons. The van der Waals surface area contributed by atoms with Crippen LogP contribution in [0.3, 0.4) is 0 Å². The zero-order valence-corrected chi connectivity index (χ0v) is 14.2. The fourth-order valence-corrected chi connectivity index (χ4v) is 3.93. The Kier molecular flexibility index (Phi) is 5.23. The molecule has 24 heavy (non-hydrogen) atoms. The minimum absolute atomic E-state index is 0.239. The normalized spacial score (nSPS) is 11.7. The van der Waals surface area contributed by atoms with E-state index in [9.17, 15) is 8.42 Å². The van der Waals surface area contributed by atoms with Gasteiger partial charge in [-0.25, -0.2) is 13.1 Å². The van der Waals surface area contributed by atoms with Crippen molar-refractivity contribution in [2.24, 2.45) is 0 Å². The van der Waals surface area contributed by atoms with E-state index in [0.29, 0.717) is 12.1 Å². The molecule has 1 N–H and O–H groups in total. The van der Waals surface area contributed by atoms with E-state index in [1.807, 2.05) is 30.3 Å². The van der Waals surface area contributed by atoms with Crippen LogP contribution in [0.4, 0.5) is 0 Å². The van der Waals surface area contributed by atoms with Crippen LogP contribution >= 0.6 is 0 Å². The molecule has 2 aromatic carbocycles. The fourth-order valence-electron chi connectivity index (χ4n) is 2.68. The van der Waals surface area contributed by atoms with Gasteiger partial charge < -0.3 is 0 Å². The molecular weight excluding hydrogens is 320 g/mol. The highest BCUT2D eigenvalue weighted by Crippen LogP contribution is 2.20. The average molecular weight is 340 g/mol. The van der Waals surface area contributed by atoms with Crippen molar-refractivity contribution in [3.63, 3.8) is 0 Å². The minimum Gasteiger partial charge on any atom is -0.255 e. The summed E-state index contributed by atoms with van der Waals surface area (Å²) in [6.45, 7) is 0.429. The van der Waals surface area contributed by atoms with E-state index in [-0.39, 0.29) is 4.90 Å². The first-order valence-corrected chi connectivity index (χ1v) is 9.52. The number of benzene rings is 2. The number of aryl methyl sites for hydroxylation is 1. The number of para-hydroxylation sites is 1. The van der Waals surface area contributed by atoms with Gasteiger partial charge in [0.15, 0.2) is 0 Å². The summed E-state index contributed by atoms with van der Waals surface area (Å²) in [6, 6.07) is 19.1. The number of unbranched alkanes of at least 4 members (excludes halogenated alkanes) is 1. The molecule has 0 radical (unpaired) electrons. The molecule has 1 aromatic heterocycles. The van der Waals surface area contributed by atoms with E-state index in [4.69, 9.17) is 0 Å². The zero-order chi connectivity index (χ0) is 16.8. The predicted octanol–water partition coefficient (Wildman–Crippen LogP) is 3.54. The summed E-state index contributed by atoms with van der Waals surface area (Å²) in [7, 11) is -3.54. The molecule has 0 unspecified atom stereocenters. The van der Waals surface area contributed by atoms with Crippen molar-refractivity contribution in [2.45, 2.75) is 24.2 Å². The molecule has 4 nitrogen and oxygen atoms in total. The number of fused-ring (bicyclic) bond motifs is 1. The quantitative estimate of drug-likeness (QED) is 0.669. The molecule has 0 fully saturated rings. The number of rotatable bonds is 7. The lowest BCUT2D eigenvalue weighted by Crippen LogP contribution is -2.25. The summed E-state index contributed by atoms with van der Waals surface area (Å²) >= 11 is 0. The van der Waals surface area contributed by atoms with Crippen LogP contribution in [0, 0.1) is 0 Å². The molecule has 1 heterocycles. The van der Waals surface area contributed by atoms with Gasteiger partial charge in [-0.1, -0.05) is 48.5 Å². The first-order valence-electron chi connectivity index (χ1n) is 8.04. The topological polar surface area (TPSA) is 59.1 Å². The van der Waals surface area contributed by atoms with E-state index < -0.39 is 10.0 Å². The van der Waals surface area contributed by atoms with Gasteiger partial charge in [-0.3, -0.25) is 4.98 Å². The highest BCUT2D eigenvalue weighted by atomic mass is 32.2. The number of hydrogen-bond donors (Lipinski definition) is 1. The van der Waals surface area contributed by atoms with Crippen LogP contribution < -0.4 is 4.72 Å². The van der Waals surface area contributed by atoms with E-state index in [0.717, 1.165) is 24.6 Å². The molecule has 3 rings (SSSR count). The summed E-state index contributed by atoms with van der Waals surface area (Å²) < 4.78 is 27.7. The van der Waals surface area contributed by atoms with E-state index >= 15 is 0 Å². The van der Waals surface area contributed by atoms with Crippen molar-refractivity contribution < 1.29 is 8.42 Å². The molecule has 5 heteroatoms. The number of nitrogens with one attached hydrogen (secondary N) is 1. The van der Waals surface area contributed by atoms with Crippen LogP contribution in [-0.4, -0.2) is 19.9 Å². The van der Waals surface area contributed by atoms with E-state index in [1.54, 1.807) is 24.4 Å². The van der Waals surface area contributed by atoms with Crippen LogP contribution in [0.1, 0.15) is 18.4 Å². The Balaban J connectivity index is 1.60. The van der Waals surface area contributed by atoms with E-state index in [1.165, 1.54) is 5.56 Å². The molecule has 0 amide bonds. The van der Waals surface area contributed by atoms with Crippen LogP contribution in [0.25, 0.3) is 10.9 Å². The van der Waals surface area contributed by atoms with Crippen molar-refractivity contribution in [1.82, 2.24) is 9.71 Å². The average Bonchev–Trinajstić information content (AvgIpc) is 2.62. The van der Waals surface area contributed by atoms with Gasteiger partial charge in [-0.05, 0) is 37.0 Å². The molecule has 0 saturated heterocycles. The van der Waals surface area contributed by atoms with Gasteiger partial charge in [0.2, 0.25) is 10.0 Å². The summed E-state index contributed by atoms with van der Waals surface area (Å²) in [5.74, 6) is 0. The highest BCUT2D eigenvalue weighted by molar-refractivity contribution is 7.89. The first kappa shape index (κ1) is 16.6. The number of hydrogen-bond acceptors (Lipinski definition) is 3. The third-order valence-corrected chi connectivity index (χ3v) is 5.40. The second kappa shape index (κ2) is 7.55. The van der Waals surface area contributed by atoms with Gasteiger partial charge in [-0.15, -0.1) is 0 Å². The maximum Gasteiger partial charge on any atom is 0.242 e. The van der Waals surface area contributed by atoms with Gasteiger partial charge >= 0.3 is 0 Å². The monoisotopic (exact) mass is 340 g/mol. The fraction of sp³-hybridized carbons (Fsp3) is 0.211. The Labute approximate surface area is 142 Å². The molecule has 3 aromatic rings. The Morgan fingerprint density at radius 2 is 1.67 bits per heavy atom. The van der Waals surface area contributed by atoms with Crippen LogP contribution in [-0.2, 0) is 16.4 Å². The van der Waals surface area contributed by atoms with E-state index in [2.05, 4.69) is 21.8 Å². The molecule has 0 aliphatic rings. The Morgan fingerprint density at radius 1 is 0.875 bits per heavy atom. The lowest BCUT2D eigenvalue weighted by Gasteiger charge is -2.09. The second-order valence-electron chi connectivity index (χ2n) is 5.67. The third kappa shape index (κ3) is 3.99. The summed E-state index contributed by atoms with van der Waals surface area (Å²) in [6.07, 6.45) is 4.31. The molecule has 0 aliphatic heterocycles. The summed E-state index contributed by atoms with van der Waals surface area (Å²) in [5, 5.41) is 0.824. The number of nitrogens with zero attached hydrogens (tertiary/aromatic N) is 1. The SMILES string of the molecule is O=S(=O)(NCCCCc1ccccc1)c1cccc2cccnc12. The van der Waals surface area contributed by atoms with Gasteiger partial charge in [0.25, 0.3) is 0 Å². The number of sulfonamides is 1. The first-order chi connectivity index (χ1) is 11.7. The van der Waals surface area contributed by atoms with Crippen molar-refractivity contribution in [3.8, 4) is 0 Å². The lowest BCUT2D eigenvalue weighted by atomic mass is 10.1. The van der Waals surface area contributed by atoms with Crippen molar-refractivity contribution in [3.05, 3.63) is 72.4 Å². The standard InChI is InChI=1S/C19H20N2O2S/c22-24(23,18-13-6-11-17-12-7-14-20-19(17)18)21-15-5-4-10-16-8-2-1-3-9-16/h1-3,6-9,11-14,21H,4-5,10,15H2. The summed E-state index contributed by atoms with van der Waals surface area (Å²) in [4.78, 5) is 4.45.